The summed E-state index contributed by atoms with van der Waals surface area (Å²) in [6, 6.07) is 9.27. The molecule has 2 atom stereocenters. The van der Waals surface area contributed by atoms with Crippen LogP contribution in [0.25, 0.3) is 0 Å². The summed E-state index contributed by atoms with van der Waals surface area (Å²) in [4.78, 5) is 4.91. The first kappa shape index (κ1) is 15.8. The van der Waals surface area contributed by atoms with Gasteiger partial charge in [0.25, 0.3) is 0 Å². The van der Waals surface area contributed by atoms with Crippen LogP contribution in [0, 0.1) is 0 Å². The van der Waals surface area contributed by atoms with Gasteiger partial charge in [-0.15, -0.1) is 0 Å². The van der Waals surface area contributed by atoms with E-state index in [2.05, 4.69) is 41.3 Å². The lowest BCUT2D eigenvalue weighted by molar-refractivity contribution is 0.261. The number of likely N-dealkylation sites (N-methyl/N-ethyl adjacent to an activating group) is 1. The van der Waals surface area contributed by atoms with Crippen molar-refractivity contribution in [1.82, 2.24) is 15.1 Å². The number of benzene rings is 1. The van der Waals surface area contributed by atoms with Crippen LogP contribution < -0.4 is 5.32 Å². The van der Waals surface area contributed by atoms with Gasteiger partial charge in [-0.05, 0) is 58.2 Å². The first-order valence-corrected chi connectivity index (χ1v) is 7.79. The maximum atomic E-state index is 6.08. The maximum absolute atomic E-state index is 6.08. The molecule has 0 spiro atoms. The highest BCUT2D eigenvalue weighted by Gasteiger charge is 2.24. The summed E-state index contributed by atoms with van der Waals surface area (Å²) in [5, 5.41) is 4.22. The van der Waals surface area contributed by atoms with Crippen molar-refractivity contribution in [2.24, 2.45) is 0 Å². The van der Waals surface area contributed by atoms with E-state index in [0.717, 1.165) is 18.0 Å². The van der Waals surface area contributed by atoms with Crippen molar-refractivity contribution in [2.75, 3.05) is 40.8 Å². The number of hydrogen-bond acceptors (Lipinski definition) is 3. The number of hydrogen-bond donors (Lipinski definition) is 1. The number of nitrogens with one attached hydrogen (secondary N) is 1. The van der Waals surface area contributed by atoms with E-state index in [4.69, 9.17) is 11.6 Å². The van der Waals surface area contributed by atoms with Crippen LogP contribution in [0.4, 0.5) is 0 Å². The van der Waals surface area contributed by atoms with Crippen LogP contribution in [0.5, 0.6) is 0 Å². The first-order valence-electron chi connectivity index (χ1n) is 7.41. The molecule has 2 rings (SSSR count). The predicted octanol–water partition coefficient (Wildman–Crippen LogP) is 2.63. The van der Waals surface area contributed by atoms with Crippen LogP contribution in [-0.2, 0) is 0 Å². The number of halogens is 1. The molecule has 0 amide bonds. The van der Waals surface area contributed by atoms with E-state index < -0.39 is 0 Å². The molecule has 0 saturated carbocycles. The van der Waals surface area contributed by atoms with Crippen LogP contribution in [0.1, 0.15) is 24.4 Å². The Bertz CT molecular complexity index is 422. The van der Waals surface area contributed by atoms with E-state index in [0.29, 0.717) is 12.1 Å². The maximum Gasteiger partial charge on any atom is 0.0409 e. The third kappa shape index (κ3) is 4.19. The molecule has 2 unspecified atom stereocenters. The summed E-state index contributed by atoms with van der Waals surface area (Å²) in [7, 11) is 6.38. The van der Waals surface area contributed by atoms with Crippen LogP contribution in [0.15, 0.2) is 24.3 Å². The Morgan fingerprint density at radius 3 is 2.85 bits per heavy atom. The van der Waals surface area contributed by atoms with E-state index in [1.54, 1.807) is 0 Å². The molecule has 1 saturated heterocycles. The lowest BCUT2D eigenvalue weighted by atomic mass is 10.0. The predicted molar refractivity (Wildman–Crippen MR) is 86.4 cm³/mol. The molecule has 1 N–H and O–H groups in total. The van der Waals surface area contributed by atoms with Crippen LogP contribution in [0.3, 0.4) is 0 Å². The standard InChI is InChI=1S/C16H26ClN3/c1-18-16(13-5-4-6-14(17)11-13)8-10-20-9-7-15(12-20)19(2)3/h4-6,11,15-16,18H,7-10,12H2,1-3H3. The third-order valence-electron chi connectivity index (χ3n) is 4.31. The van der Waals surface area contributed by atoms with E-state index >= 15 is 0 Å². The highest BCUT2D eigenvalue weighted by molar-refractivity contribution is 6.30. The molecule has 1 aromatic rings. The monoisotopic (exact) mass is 295 g/mol. The molecule has 1 aliphatic rings. The van der Waals surface area contributed by atoms with Gasteiger partial charge in [0, 0.05) is 30.2 Å². The highest BCUT2D eigenvalue weighted by Crippen LogP contribution is 2.22. The SMILES string of the molecule is CNC(CCN1CCC(N(C)C)C1)c1cccc(Cl)c1. The molecule has 1 fully saturated rings. The highest BCUT2D eigenvalue weighted by atomic mass is 35.5. The fourth-order valence-electron chi connectivity index (χ4n) is 2.95. The normalized spacial score (nSPS) is 21.6. The molecule has 0 aromatic heterocycles. The molecule has 1 heterocycles. The molecule has 0 aliphatic carbocycles. The van der Waals surface area contributed by atoms with Crippen LogP contribution in [-0.4, -0.2) is 56.6 Å². The minimum Gasteiger partial charge on any atom is -0.313 e. The van der Waals surface area contributed by atoms with Gasteiger partial charge in [-0.3, -0.25) is 0 Å². The molecular weight excluding hydrogens is 270 g/mol. The number of rotatable bonds is 6. The second kappa shape index (κ2) is 7.41. The Kier molecular flexibility index (Phi) is 5.85. The lowest BCUT2D eigenvalue weighted by Gasteiger charge is -2.23. The Labute approximate surface area is 127 Å². The van der Waals surface area contributed by atoms with Gasteiger partial charge in [0.05, 0.1) is 0 Å². The Hall–Kier alpha value is -0.610. The molecular formula is C16H26ClN3. The van der Waals surface area contributed by atoms with E-state index in [9.17, 15) is 0 Å². The average Bonchev–Trinajstić information content (AvgIpc) is 2.88. The van der Waals surface area contributed by atoms with Crippen molar-refractivity contribution in [1.29, 1.82) is 0 Å². The number of likely N-dealkylation sites (tertiary alicyclic amines) is 1. The zero-order chi connectivity index (χ0) is 14.5. The molecule has 4 heteroatoms. The zero-order valence-corrected chi connectivity index (χ0v) is 13.5. The molecule has 3 nitrogen and oxygen atoms in total. The Balaban J connectivity index is 1.86. The average molecular weight is 296 g/mol. The van der Waals surface area contributed by atoms with Gasteiger partial charge in [0.1, 0.15) is 0 Å². The molecule has 0 radical (unpaired) electrons. The minimum atomic E-state index is 0.382. The summed E-state index contributed by atoms with van der Waals surface area (Å²) in [5.41, 5.74) is 1.28. The first-order chi connectivity index (χ1) is 9.60. The smallest absolute Gasteiger partial charge is 0.0409 e. The molecule has 20 heavy (non-hydrogen) atoms. The van der Waals surface area contributed by atoms with E-state index in [-0.39, 0.29) is 0 Å². The van der Waals surface area contributed by atoms with Gasteiger partial charge >= 0.3 is 0 Å². The van der Waals surface area contributed by atoms with Gasteiger partial charge in [0.15, 0.2) is 0 Å². The van der Waals surface area contributed by atoms with Gasteiger partial charge in [-0.1, -0.05) is 23.7 Å². The molecule has 1 aliphatic heterocycles. The van der Waals surface area contributed by atoms with Crippen molar-refractivity contribution < 1.29 is 0 Å². The Morgan fingerprint density at radius 1 is 1.45 bits per heavy atom. The minimum absolute atomic E-state index is 0.382. The number of nitrogens with zero attached hydrogens (tertiary/aromatic N) is 2. The van der Waals surface area contributed by atoms with Crippen molar-refractivity contribution in [3.8, 4) is 0 Å². The van der Waals surface area contributed by atoms with Gasteiger partial charge in [-0.25, -0.2) is 0 Å². The third-order valence-corrected chi connectivity index (χ3v) is 4.55. The Morgan fingerprint density at radius 2 is 2.25 bits per heavy atom. The van der Waals surface area contributed by atoms with Gasteiger partial charge in [-0.2, -0.15) is 0 Å². The van der Waals surface area contributed by atoms with Crippen molar-refractivity contribution in [3.63, 3.8) is 0 Å². The summed E-state index contributed by atoms with van der Waals surface area (Å²) in [5.74, 6) is 0. The summed E-state index contributed by atoms with van der Waals surface area (Å²) >= 11 is 6.08. The quantitative estimate of drug-likeness (QED) is 0.870. The molecule has 1 aromatic carbocycles. The zero-order valence-electron chi connectivity index (χ0n) is 12.8. The van der Waals surface area contributed by atoms with Crippen molar-refractivity contribution >= 4 is 11.6 Å². The van der Waals surface area contributed by atoms with Crippen molar-refractivity contribution in [2.45, 2.75) is 24.9 Å². The second-order valence-corrected chi connectivity index (χ2v) is 6.33. The van der Waals surface area contributed by atoms with Crippen molar-refractivity contribution in [3.05, 3.63) is 34.9 Å². The van der Waals surface area contributed by atoms with E-state index in [1.165, 1.54) is 25.1 Å². The van der Waals surface area contributed by atoms with Gasteiger partial charge < -0.3 is 15.1 Å². The topological polar surface area (TPSA) is 18.5 Å². The lowest BCUT2D eigenvalue weighted by Crippen LogP contribution is -2.32. The van der Waals surface area contributed by atoms with E-state index in [1.807, 2.05) is 19.2 Å². The van der Waals surface area contributed by atoms with Gasteiger partial charge in [0.2, 0.25) is 0 Å². The van der Waals surface area contributed by atoms with Crippen LogP contribution >= 0.6 is 11.6 Å². The largest absolute Gasteiger partial charge is 0.313 e. The van der Waals surface area contributed by atoms with Crippen LogP contribution in [0.2, 0.25) is 5.02 Å². The summed E-state index contributed by atoms with van der Waals surface area (Å²) in [6.07, 6.45) is 2.41. The molecule has 112 valence electrons. The summed E-state index contributed by atoms with van der Waals surface area (Å²) in [6.45, 7) is 3.55. The fourth-order valence-corrected chi connectivity index (χ4v) is 3.15. The second-order valence-electron chi connectivity index (χ2n) is 5.89. The summed E-state index contributed by atoms with van der Waals surface area (Å²) < 4.78 is 0. The molecule has 0 bridgehead atoms. The fraction of sp³-hybridized carbons (Fsp3) is 0.625.